The van der Waals surface area contributed by atoms with Gasteiger partial charge in [-0.05, 0) is 53.2 Å². The van der Waals surface area contributed by atoms with Crippen LogP contribution in [0.4, 0.5) is 0 Å². The number of halogens is 2. The molecule has 1 unspecified atom stereocenters. The summed E-state index contributed by atoms with van der Waals surface area (Å²) in [6.07, 6.45) is 6.23. The van der Waals surface area contributed by atoms with Gasteiger partial charge < -0.3 is 4.74 Å². The summed E-state index contributed by atoms with van der Waals surface area (Å²) >= 11 is 9.98. The van der Waals surface area contributed by atoms with Crippen LogP contribution in [-0.2, 0) is 25.5 Å². The molecule has 0 aliphatic carbocycles. The highest BCUT2D eigenvalue weighted by Gasteiger charge is 2.21. The third-order valence-electron chi connectivity index (χ3n) is 3.97. The fraction of sp³-hybridized carbons (Fsp3) is 0.533. The van der Waals surface area contributed by atoms with Gasteiger partial charge in [-0.2, -0.15) is 13.5 Å². The number of nitrogens with zero attached hydrogens (tertiary/aromatic N) is 2. The van der Waals surface area contributed by atoms with Gasteiger partial charge >= 0.3 is 0 Å². The molecular weight excluding hydrogens is 420 g/mol. The van der Waals surface area contributed by atoms with E-state index in [2.05, 4.69) is 21.0 Å². The highest BCUT2D eigenvalue weighted by molar-refractivity contribution is 9.10. The lowest BCUT2D eigenvalue weighted by molar-refractivity contribution is -0.0366. The molecule has 132 valence electrons. The van der Waals surface area contributed by atoms with E-state index in [1.807, 2.05) is 10.7 Å². The molecule has 0 radical (unpaired) electrons. The molecule has 2 heterocycles. The number of benzene rings is 1. The normalized spacial score (nSPS) is 19.0. The van der Waals surface area contributed by atoms with Crippen molar-refractivity contribution in [3.8, 4) is 0 Å². The standard InChI is InChI=1S/C15H18BrClN2O4S/c1-24(20,21)23-7-5-10-12(17)8-13-11(15(10)16)9-18-19(13)14-4-2-3-6-22-14/h8-9,14H,2-7H2,1H3. The third kappa shape index (κ3) is 3.94. The van der Waals surface area contributed by atoms with E-state index in [-0.39, 0.29) is 12.8 Å². The van der Waals surface area contributed by atoms with Gasteiger partial charge in [-0.1, -0.05) is 11.6 Å². The first kappa shape index (κ1) is 18.1. The Kier molecular flexibility index (Phi) is 5.51. The van der Waals surface area contributed by atoms with Crippen molar-refractivity contribution in [1.29, 1.82) is 0 Å². The van der Waals surface area contributed by atoms with E-state index in [1.54, 1.807) is 6.20 Å². The molecule has 1 fully saturated rings. The molecule has 0 amide bonds. The zero-order chi connectivity index (χ0) is 17.3. The molecule has 1 aliphatic heterocycles. The van der Waals surface area contributed by atoms with Gasteiger partial charge in [0.2, 0.25) is 0 Å². The van der Waals surface area contributed by atoms with Crippen LogP contribution in [0, 0.1) is 0 Å². The summed E-state index contributed by atoms with van der Waals surface area (Å²) in [5.41, 5.74) is 1.70. The monoisotopic (exact) mass is 436 g/mol. The molecule has 1 atom stereocenters. The lowest BCUT2D eigenvalue weighted by Gasteiger charge is -2.23. The Balaban J connectivity index is 1.90. The Morgan fingerprint density at radius 2 is 2.29 bits per heavy atom. The van der Waals surface area contributed by atoms with Crippen LogP contribution in [0.15, 0.2) is 16.7 Å². The molecule has 24 heavy (non-hydrogen) atoms. The highest BCUT2D eigenvalue weighted by Crippen LogP contribution is 2.36. The summed E-state index contributed by atoms with van der Waals surface area (Å²) in [6, 6.07) is 1.85. The van der Waals surface area contributed by atoms with Crippen LogP contribution in [0.3, 0.4) is 0 Å². The number of fused-ring (bicyclic) bond motifs is 1. The van der Waals surface area contributed by atoms with Crippen molar-refractivity contribution in [3.05, 3.63) is 27.3 Å². The van der Waals surface area contributed by atoms with Crippen LogP contribution < -0.4 is 0 Å². The molecule has 0 N–H and O–H groups in total. The molecule has 9 heteroatoms. The maximum atomic E-state index is 11.1. The SMILES string of the molecule is CS(=O)(=O)OCCc1c(Cl)cc2c(cnn2C2CCCCO2)c1Br. The van der Waals surface area contributed by atoms with Crippen molar-refractivity contribution in [1.82, 2.24) is 9.78 Å². The van der Waals surface area contributed by atoms with Gasteiger partial charge in [-0.15, -0.1) is 0 Å². The zero-order valence-electron chi connectivity index (χ0n) is 13.2. The van der Waals surface area contributed by atoms with Crippen molar-refractivity contribution < 1.29 is 17.3 Å². The van der Waals surface area contributed by atoms with Crippen LogP contribution >= 0.6 is 27.5 Å². The van der Waals surface area contributed by atoms with Crippen LogP contribution in [0.2, 0.25) is 5.02 Å². The van der Waals surface area contributed by atoms with Crippen molar-refractivity contribution in [2.24, 2.45) is 0 Å². The highest BCUT2D eigenvalue weighted by atomic mass is 79.9. The molecule has 3 rings (SSSR count). The minimum Gasteiger partial charge on any atom is -0.356 e. The first-order chi connectivity index (χ1) is 11.4. The number of ether oxygens (including phenoxy) is 1. The molecule has 2 aromatic rings. The Labute approximate surface area is 154 Å². The summed E-state index contributed by atoms with van der Waals surface area (Å²) in [7, 11) is -3.46. The second kappa shape index (κ2) is 7.29. The van der Waals surface area contributed by atoms with Crippen LogP contribution in [0.1, 0.15) is 31.1 Å². The van der Waals surface area contributed by atoms with E-state index in [1.165, 1.54) is 0 Å². The maximum absolute atomic E-state index is 11.1. The molecular formula is C15H18BrClN2O4S. The van der Waals surface area contributed by atoms with Crippen LogP contribution in [0.25, 0.3) is 10.9 Å². The van der Waals surface area contributed by atoms with Gasteiger partial charge in [0.1, 0.15) is 0 Å². The average molecular weight is 438 g/mol. The van der Waals surface area contributed by atoms with Gasteiger partial charge in [0.25, 0.3) is 10.1 Å². The fourth-order valence-corrected chi connectivity index (χ4v) is 4.34. The van der Waals surface area contributed by atoms with Crippen molar-refractivity contribution in [2.75, 3.05) is 19.5 Å². The quantitative estimate of drug-likeness (QED) is 0.668. The summed E-state index contributed by atoms with van der Waals surface area (Å²) in [5, 5.41) is 5.92. The van der Waals surface area contributed by atoms with Crippen molar-refractivity contribution >= 4 is 48.6 Å². The molecule has 6 nitrogen and oxygen atoms in total. The Hall–Kier alpha value is -0.670. The summed E-state index contributed by atoms with van der Waals surface area (Å²) < 4.78 is 35.5. The van der Waals surface area contributed by atoms with Gasteiger partial charge in [0, 0.05) is 21.5 Å². The van der Waals surface area contributed by atoms with Gasteiger partial charge in [0.15, 0.2) is 6.23 Å². The van der Waals surface area contributed by atoms with E-state index in [9.17, 15) is 8.42 Å². The Morgan fingerprint density at radius 1 is 1.50 bits per heavy atom. The molecule has 0 spiro atoms. The first-order valence-corrected chi connectivity index (χ1v) is 10.7. The number of hydrogen-bond acceptors (Lipinski definition) is 5. The summed E-state index contributed by atoms with van der Waals surface area (Å²) in [5.74, 6) is 0. The third-order valence-corrected chi connectivity index (χ3v) is 5.80. The molecule has 0 bridgehead atoms. The van der Waals surface area contributed by atoms with Crippen molar-refractivity contribution in [2.45, 2.75) is 31.9 Å². The largest absolute Gasteiger partial charge is 0.356 e. The van der Waals surface area contributed by atoms with E-state index in [4.69, 9.17) is 20.5 Å². The summed E-state index contributed by atoms with van der Waals surface area (Å²) in [4.78, 5) is 0. The smallest absolute Gasteiger partial charge is 0.264 e. The predicted molar refractivity (Wildman–Crippen MR) is 95.8 cm³/mol. The minimum absolute atomic E-state index is 0.0442. The van der Waals surface area contributed by atoms with Crippen LogP contribution in [0.5, 0.6) is 0 Å². The number of aromatic nitrogens is 2. The van der Waals surface area contributed by atoms with Crippen LogP contribution in [-0.4, -0.2) is 37.7 Å². The van der Waals surface area contributed by atoms with E-state index in [0.717, 1.165) is 53.1 Å². The van der Waals surface area contributed by atoms with E-state index >= 15 is 0 Å². The predicted octanol–water partition coefficient (Wildman–Crippen LogP) is 3.67. The second-order valence-electron chi connectivity index (χ2n) is 5.77. The molecule has 1 aromatic heterocycles. The minimum atomic E-state index is -3.46. The van der Waals surface area contributed by atoms with E-state index < -0.39 is 10.1 Å². The molecule has 1 aromatic carbocycles. The van der Waals surface area contributed by atoms with Gasteiger partial charge in [0.05, 0.1) is 24.6 Å². The Bertz CT molecular complexity index is 847. The summed E-state index contributed by atoms with van der Waals surface area (Å²) in [6.45, 7) is 0.782. The Morgan fingerprint density at radius 3 is 2.96 bits per heavy atom. The molecule has 1 saturated heterocycles. The first-order valence-electron chi connectivity index (χ1n) is 7.67. The lowest BCUT2D eigenvalue weighted by atomic mass is 10.1. The fourth-order valence-electron chi connectivity index (χ4n) is 2.83. The number of hydrogen-bond donors (Lipinski definition) is 0. The van der Waals surface area contributed by atoms with E-state index in [0.29, 0.717) is 11.4 Å². The number of rotatable bonds is 5. The van der Waals surface area contributed by atoms with Gasteiger partial charge in [-0.3, -0.25) is 4.18 Å². The topological polar surface area (TPSA) is 70.4 Å². The van der Waals surface area contributed by atoms with Crippen molar-refractivity contribution in [3.63, 3.8) is 0 Å². The second-order valence-corrected chi connectivity index (χ2v) is 8.61. The molecule has 1 aliphatic rings. The molecule has 0 saturated carbocycles. The zero-order valence-corrected chi connectivity index (χ0v) is 16.3. The maximum Gasteiger partial charge on any atom is 0.264 e. The lowest BCUT2D eigenvalue weighted by Crippen LogP contribution is -2.19. The average Bonchev–Trinajstić information content (AvgIpc) is 2.94. The van der Waals surface area contributed by atoms with Gasteiger partial charge in [-0.25, -0.2) is 4.68 Å².